The number of hydrogen-bond acceptors (Lipinski definition) is 5. The highest BCUT2D eigenvalue weighted by Gasteiger charge is 2.26. The number of aromatic nitrogens is 4. The Morgan fingerprint density at radius 2 is 1.78 bits per heavy atom. The number of aryl methyl sites for hydroxylation is 1. The van der Waals surface area contributed by atoms with E-state index in [0.29, 0.717) is 18.0 Å². The van der Waals surface area contributed by atoms with E-state index in [0.717, 1.165) is 83.3 Å². The van der Waals surface area contributed by atoms with Crippen molar-refractivity contribution >= 4 is 68.1 Å². The number of fused-ring (bicyclic) bond motifs is 6. The predicted molar refractivity (Wildman–Crippen MR) is 188 cm³/mol. The van der Waals surface area contributed by atoms with E-state index in [2.05, 4.69) is 96.2 Å². The van der Waals surface area contributed by atoms with Gasteiger partial charge in [-0.1, -0.05) is 97.7 Å². The Kier molecular flexibility index (Phi) is 6.62. The van der Waals surface area contributed by atoms with Gasteiger partial charge in [0.1, 0.15) is 22.6 Å². The van der Waals surface area contributed by atoms with E-state index in [1.807, 2.05) is 37.4 Å². The van der Waals surface area contributed by atoms with Crippen molar-refractivity contribution in [3.05, 3.63) is 114 Å². The first-order valence-electron chi connectivity index (χ1n) is 15.1. The average molecular weight is 601 g/mol. The molecule has 5 nitrogen and oxygen atoms in total. The minimum atomic E-state index is 0.504. The molecule has 0 atom stereocenters. The molecule has 7 aromatic rings. The monoisotopic (exact) mass is 600 g/mol. The molecule has 0 saturated carbocycles. The van der Waals surface area contributed by atoms with E-state index in [4.69, 9.17) is 32.0 Å². The first-order valence-corrected chi connectivity index (χ1v) is 15.5. The van der Waals surface area contributed by atoms with E-state index in [9.17, 15) is 0 Å². The number of furan rings is 1. The maximum Gasteiger partial charge on any atom is 0.237 e. The Morgan fingerprint density at radius 3 is 2.62 bits per heavy atom. The molecule has 0 radical (unpaired) electrons. The maximum absolute atomic E-state index is 6.38. The number of benzene rings is 3. The molecule has 0 unspecified atom stereocenters. The first kappa shape index (κ1) is 27.2. The molecule has 1 aliphatic carbocycles. The van der Waals surface area contributed by atoms with Crippen LogP contribution in [-0.4, -0.2) is 19.5 Å². The van der Waals surface area contributed by atoms with E-state index < -0.39 is 0 Å². The molecule has 6 heteroatoms. The van der Waals surface area contributed by atoms with E-state index in [1.54, 1.807) is 0 Å². The Morgan fingerprint density at radius 1 is 0.978 bits per heavy atom. The molecule has 4 aromatic heterocycles. The van der Waals surface area contributed by atoms with Crippen LogP contribution < -0.4 is 0 Å². The van der Waals surface area contributed by atoms with Crippen molar-refractivity contribution in [2.45, 2.75) is 31.6 Å². The van der Waals surface area contributed by atoms with Crippen molar-refractivity contribution in [1.29, 1.82) is 0 Å². The van der Waals surface area contributed by atoms with E-state index >= 15 is 0 Å². The predicted octanol–water partition coefficient (Wildman–Crippen LogP) is 9.90. The summed E-state index contributed by atoms with van der Waals surface area (Å²) in [5.74, 6) is 7.98. The molecule has 8 rings (SSSR count). The number of thiol groups is 1. The number of allylic oxidation sites excluding steroid dienone is 5. The molecule has 0 N–H and O–H groups in total. The summed E-state index contributed by atoms with van der Waals surface area (Å²) in [4.78, 5) is 16.2. The molecular weight excluding hydrogens is 573 g/mol. The summed E-state index contributed by atoms with van der Waals surface area (Å²) in [5, 5.41) is 4.25. The molecule has 3 aromatic carbocycles. The largest absolute Gasteiger partial charge is 0.457 e. The number of hydrogen-bond donors (Lipinski definition) is 1. The Balaban J connectivity index is 1.56. The zero-order valence-electron chi connectivity index (χ0n) is 24.9. The fraction of sp³-hybridized carbons (Fsp3) is 0.103. The van der Waals surface area contributed by atoms with Gasteiger partial charge in [0.05, 0.1) is 5.52 Å². The Labute approximate surface area is 266 Å². The lowest BCUT2D eigenvalue weighted by atomic mass is 9.94. The van der Waals surface area contributed by atoms with Gasteiger partial charge in [-0.05, 0) is 42.3 Å². The summed E-state index contributed by atoms with van der Waals surface area (Å²) < 4.78 is 8.44. The van der Waals surface area contributed by atoms with E-state index in [-0.39, 0.29) is 0 Å². The number of nitrogens with zero attached hydrogens (tertiary/aromatic N) is 4. The topological polar surface area (TPSA) is 56.7 Å². The minimum Gasteiger partial charge on any atom is -0.457 e. The third-order valence-corrected chi connectivity index (χ3v) is 8.71. The normalized spacial score (nSPS) is 13.2. The van der Waals surface area contributed by atoms with Gasteiger partial charge < -0.3 is 4.42 Å². The molecule has 1 aliphatic rings. The van der Waals surface area contributed by atoms with Gasteiger partial charge in [-0.2, -0.15) is 0 Å². The highest BCUT2D eigenvalue weighted by molar-refractivity contribution is 7.80. The molecule has 0 amide bonds. The number of rotatable bonds is 5. The van der Waals surface area contributed by atoms with Crippen LogP contribution in [0.3, 0.4) is 0 Å². The lowest BCUT2D eigenvalue weighted by Crippen LogP contribution is -2.05. The highest BCUT2D eigenvalue weighted by atomic mass is 32.1. The number of pyridine rings is 1. The quantitative estimate of drug-likeness (QED) is 0.158. The van der Waals surface area contributed by atoms with Crippen LogP contribution in [0.2, 0.25) is 0 Å². The summed E-state index contributed by atoms with van der Waals surface area (Å²) in [7, 11) is 0. The molecule has 0 aliphatic heterocycles. The molecule has 0 spiro atoms. The summed E-state index contributed by atoms with van der Waals surface area (Å²) >= 11 is 5.29. The van der Waals surface area contributed by atoms with Gasteiger partial charge in [0.25, 0.3) is 0 Å². The van der Waals surface area contributed by atoms with Crippen molar-refractivity contribution in [2.75, 3.05) is 0 Å². The molecular formula is C39H28N4OS. The molecule has 0 fully saturated rings. The second kappa shape index (κ2) is 11.0. The second-order valence-electron chi connectivity index (χ2n) is 11.0. The maximum atomic E-state index is 6.38. The van der Waals surface area contributed by atoms with Crippen LogP contribution in [0.1, 0.15) is 36.7 Å². The third-order valence-electron chi connectivity index (χ3n) is 8.28. The van der Waals surface area contributed by atoms with Gasteiger partial charge in [0.15, 0.2) is 5.58 Å². The van der Waals surface area contributed by atoms with Crippen molar-refractivity contribution in [1.82, 2.24) is 19.5 Å². The van der Waals surface area contributed by atoms with Gasteiger partial charge in [0, 0.05) is 50.5 Å². The second-order valence-corrected chi connectivity index (χ2v) is 11.5. The zero-order chi connectivity index (χ0) is 30.5. The summed E-state index contributed by atoms with van der Waals surface area (Å²) in [5.41, 5.74) is 7.61. The Hall–Kier alpha value is -5.38. The standard InChI is InChI=1S/C39H28N4OS/c1-3-4-19-27-24(2)44-36-33(26-17-10-7-11-18-26)41-39(42-34(27)36)43-35-32(30-22-14-23-40-38(30)43)29-21-13-12-20-28(29)31(37(35)45)25-15-8-5-6-9-16-25/h4-5,7-8,10-15,17-23,45H,3,6H2,1-2H3/b19-4-. The summed E-state index contributed by atoms with van der Waals surface area (Å²) in [6.07, 6.45) is 13.9. The van der Waals surface area contributed by atoms with Crippen molar-refractivity contribution in [3.63, 3.8) is 0 Å². The average Bonchev–Trinajstić information content (AvgIpc) is 3.44. The van der Waals surface area contributed by atoms with Crippen LogP contribution >= 0.6 is 12.6 Å². The van der Waals surface area contributed by atoms with Crippen molar-refractivity contribution in [3.8, 4) is 29.0 Å². The van der Waals surface area contributed by atoms with Crippen molar-refractivity contribution in [2.24, 2.45) is 0 Å². The molecule has 216 valence electrons. The van der Waals surface area contributed by atoms with Gasteiger partial charge in [-0.15, -0.1) is 12.6 Å². The van der Waals surface area contributed by atoms with Gasteiger partial charge in [0.2, 0.25) is 5.95 Å². The lowest BCUT2D eigenvalue weighted by Gasteiger charge is -2.15. The molecule has 4 heterocycles. The first-order chi connectivity index (χ1) is 22.2. The fourth-order valence-corrected chi connectivity index (χ4v) is 6.74. The smallest absolute Gasteiger partial charge is 0.237 e. The minimum absolute atomic E-state index is 0.504. The third kappa shape index (κ3) is 4.31. The highest BCUT2D eigenvalue weighted by Crippen LogP contribution is 2.44. The Bertz CT molecular complexity index is 2470. The zero-order valence-corrected chi connectivity index (χ0v) is 25.8. The molecule has 45 heavy (non-hydrogen) atoms. The van der Waals surface area contributed by atoms with Crippen LogP contribution in [0.15, 0.2) is 107 Å². The SMILES string of the molecule is CC/C=C\c1c(C)oc2c(-c3ccccc3)nc(-n3c4ncccc4c4c5ccccc5c(C5=CC=CCC#C5)c(S)c43)nc12. The van der Waals surface area contributed by atoms with Gasteiger partial charge in [-0.25, -0.2) is 15.0 Å². The van der Waals surface area contributed by atoms with Gasteiger partial charge >= 0.3 is 0 Å². The summed E-state index contributed by atoms with van der Waals surface area (Å²) in [6, 6.07) is 22.7. The molecule has 0 bridgehead atoms. The van der Waals surface area contributed by atoms with Crippen LogP contribution in [0.25, 0.3) is 72.7 Å². The van der Waals surface area contributed by atoms with Crippen molar-refractivity contribution < 1.29 is 4.42 Å². The molecule has 0 saturated heterocycles. The van der Waals surface area contributed by atoms with E-state index in [1.165, 1.54) is 0 Å². The van der Waals surface area contributed by atoms with Crippen LogP contribution in [0, 0.1) is 18.8 Å². The van der Waals surface area contributed by atoms with Crippen LogP contribution in [-0.2, 0) is 0 Å². The summed E-state index contributed by atoms with van der Waals surface area (Å²) in [6.45, 7) is 4.10. The lowest BCUT2D eigenvalue weighted by molar-refractivity contribution is 0.576. The van der Waals surface area contributed by atoms with Crippen LogP contribution in [0.5, 0.6) is 0 Å². The van der Waals surface area contributed by atoms with Crippen LogP contribution in [0.4, 0.5) is 0 Å². The van der Waals surface area contributed by atoms with Gasteiger partial charge in [-0.3, -0.25) is 4.57 Å². The fourth-order valence-electron chi connectivity index (χ4n) is 6.29.